The number of rotatable bonds is 1. The van der Waals surface area contributed by atoms with Gasteiger partial charge in [0.2, 0.25) is 0 Å². The summed E-state index contributed by atoms with van der Waals surface area (Å²) in [7, 11) is 1.00. The number of halogens is 1. The molecule has 0 aromatic heterocycles. The normalized spacial score (nSPS) is 7.15. The molecule has 0 aliphatic carbocycles. The molecule has 2 nitrogen and oxygen atoms in total. The average Bonchev–Trinajstić information content (AvgIpc) is 2.25. The van der Waals surface area contributed by atoms with Crippen LogP contribution in [-0.4, -0.2) is 23.7 Å². The van der Waals surface area contributed by atoms with Crippen LogP contribution < -0.4 is 0 Å². The molecule has 74 valence electrons. The lowest BCUT2D eigenvalue weighted by molar-refractivity contribution is 0.108. The van der Waals surface area contributed by atoms with Gasteiger partial charge in [0.15, 0.2) is 0 Å². The first kappa shape index (κ1) is 15.0. The molecule has 0 unspecified atom stereocenters. The average molecular weight is 221 g/mol. The van der Waals surface area contributed by atoms with E-state index in [1.807, 2.05) is 6.07 Å². The Morgan fingerprint density at radius 2 is 1.62 bits per heavy atom. The van der Waals surface area contributed by atoms with Gasteiger partial charge in [-0.05, 0) is 17.9 Å². The Balaban J connectivity index is 0. The Bertz CT molecular complexity index is 214. The fraction of sp³-hybridized carbons (Fsp3) is 0.222. The van der Waals surface area contributed by atoms with Crippen molar-refractivity contribution in [2.24, 2.45) is 0 Å². The van der Waals surface area contributed by atoms with E-state index in [0.717, 1.165) is 7.11 Å². The second-order valence-corrected chi connectivity index (χ2v) is 1.98. The van der Waals surface area contributed by atoms with Crippen molar-refractivity contribution in [2.75, 3.05) is 13.4 Å². The van der Waals surface area contributed by atoms with Crippen LogP contribution in [0.4, 0.5) is 0 Å². The molecule has 0 aliphatic rings. The van der Waals surface area contributed by atoms with Crippen molar-refractivity contribution in [2.45, 2.75) is 0 Å². The van der Waals surface area contributed by atoms with E-state index in [0.29, 0.717) is 5.56 Å². The van der Waals surface area contributed by atoms with Gasteiger partial charge >= 0.3 is 0 Å². The summed E-state index contributed by atoms with van der Waals surface area (Å²) in [5, 5.41) is 6.59. The molecule has 13 heavy (non-hydrogen) atoms. The first-order valence-corrected chi connectivity index (χ1v) is 4.72. The van der Waals surface area contributed by atoms with Crippen LogP contribution in [0.15, 0.2) is 30.3 Å². The van der Waals surface area contributed by atoms with Gasteiger partial charge in [0, 0.05) is 12.7 Å². The van der Waals surface area contributed by atoms with Crippen molar-refractivity contribution in [3.8, 4) is 0 Å². The molecule has 0 fully saturated rings. The predicted octanol–water partition coefficient (Wildman–Crippen LogP) is 2.22. The number of aliphatic hydroxyl groups excluding tert-OH is 1. The van der Waals surface area contributed by atoms with E-state index in [4.69, 9.17) is 16.7 Å². The van der Waals surface area contributed by atoms with Gasteiger partial charge in [-0.15, -0.1) is 0 Å². The second kappa shape index (κ2) is 11.5. The molecular formula is C9H13ClO2S. The number of thiol groups is 1. The Morgan fingerprint density at radius 1 is 1.23 bits per heavy atom. The van der Waals surface area contributed by atoms with Crippen molar-refractivity contribution in [1.82, 2.24) is 0 Å². The van der Waals surface area contributed by atoms with E-state index in [-0.39, 0.29) is 0 Å². The van der Waals surface area contributed by atoms with E-state index >= 15 is 0 Å². The van der Waals surface area contributed by atoms with Gasteiger partial charge in [0.25, 0.3) is 5.24 Å². The van der Waals surface area contributed by atoms with Crippen LogP contribution in [0.3, 0.4) is 0 Å². The molecule has 1 N–H and O–H groups in total. The molecule has 0 saturated carbocycles. The first-order chi connectivity index (χ1) is 6.30. The molecule has 0 spiro atoms. The molecular weight excluding hydrogens is 208 g/mol. The smallest absolute Gasteiger partial charge is 0.252 e. The summed E-state index contributed by atoms with van der Waals surface area (Å²) >= 11 is 8.69. The van der Waals surface area contributed by atoms with Crippen LogP contribution in [0.5, 0.6) is 0 Å². The second-order valence-electron chi connectivity index (χ2n) is 1.64. The lowest BCUT2D eigenvalue weighted by Crippen LogP contribution is -1.84. The maximum absolute atomic E-state index is 10.4. The van der Waals surface area contributed by atoms with Crippen LogP contribution in [0.1, 0.15) is 10.4 Å². The number of hydrogen-bond donors (Lipinski definition) is 2. The maximum Gasteiger partial charge on any atom is 0.252 e. The van der Waals surface area contributed by atoms with Crippen molar-refractivity contribution >= 4 is 29.5 Å². The lowest BCUT2D eigenvalue weighted by Gasteiger charge is -1.87. The summed E-state index contributed by atoms with van der Waals surface area (Å²) in [6.45, 7) is 0. The van der Waals surface area contributed by atoms with Crippen LogP contribution in [0.25, 0.3) is 0 Å². The van der Waals surface area contributed by atoms with Gasteiger partial charge in [-0.1, -0.05) is 30.3 Å². The molecule has 0 saturated heterocycles. The highest BCUT2D eigenvalue weighted by atomic mass is 35.5. The summed E-state index contributed by atoms with van der Waals surface area (Å²) in [6.07, 6.45) is 1.69. The van der Waals surface area contributed by atoms with Crippen LogP contribution >= 0.6 is 24.2 Å². The maximum atomic E-state index is 10.4. The first-order valence-electron chi connectivity index (χ1n) is 3.45. The third-order valence-corrected chi connectivity index (χ3v) is 1.22. The standard InChI is InChI=1S/C7H5ClO.CH4O.CH4S/c8-7(9)6-4-2-1-3-5-6;2*1-2/h1-5H;2*2H,1H3. The molecule has 0 bridgehead atoms. The van der Waals surface area contributed by atoms with Crippen molar-refractivity contribution in [3.05, 3.63) is 35.9 Å². The Hall–Kier alpha value is -0.510. The number of hydrogen-bond acceptors (Lipinski definition) is 3. The van der Waals surface area contributed by atoms with E-state index in [1.54, 1.807) is 30.5 Å². The zero-order chi connectivity index (χ0) is 10.7. The molecule has 1 aromatic rings. The number of carbonyl (C=O) groups is 1. The molecule has 1 rings (SSSR count). The minimum atomic E-state index is -0.407. The fourth-order valence-electron chi connectivity index (χ4n) is 0.569. The van der Waals surface area contributed by atoms with Gasteiger partial charge < -0.3 is 5.11 Å². The molecule has 1 aromatic carbocycles. The summed E-state index contributed by atoms with van der Waals surface area (Å²) in [5.41, 5.74) is 0.541. The highest BCUT2D eigenvalue weighted by Gasteiger charge is 1.95. The van der Waals surface area contributed by atoms with E-state index < -0.39 is 5.24 Å². The van der Waals surface area contributed by atoms with Gasteiger partial charge in [-0.25, -0.2) is 0 Å². The highest BCUT2D eigenvalue weighted by molar-refractivity contribution is 7.79. The zero-order valence-electron chi connectivity index (χ0n) is 7.57. The summed E-state index contributed by atoms with van der Waals surface area (Å²) in [5.74, 6) is 0. The number of carbonyl (C=O) groups excluding carboxylic acids is 1. The number of benzene rings is 1. The molecule has 0 atom stereocenters. The van der Waals surface area contributed by atoms with Gasteiger partial charge in [0.05, 0.1) is 0 Å². The summed E-state index contributed by atoms with van der Waals surface area (Å²) < 4.78 is 0. The van der Waals surface area contributed by atoms with Crippen LogP contribution in [0.2, 0.25) is 0 Å². The van der Waals surface area contributed by atoms with E-state index in [2.05, 4.69) is 12.6 Å². The zero-order valence-corrected chi connectivity index (χ0v) is 9.22. The van der Waals surface area contributed by atoms with E-state index in [1.165, 1.54) is 0 Å². The van der Waals surface area contributed by atoms with Gasteiger partial charge in [0.1, 0.15) is 0 Å². The number of aliphatic hydroxyl groups is 1. The van der Waals surface area contributed by atoms with Gasteiger partial charge in [-0.2, -0.15) is 12.6 Å². The fourth-order valence-corrected chi connectivity index (χ4v) is 0.695. The molecule has 0 amide bonds. The molecule has 0 heterocycles. The van der Waals surface area contributed by atoms with Crippen LogP contribution in [0, 0.1) is 0 Å². The largest absolute Gasteiger partial charge is 0.400 e. The van der Waals surface area contributed by atoms with E-state index in [9.17, 15) is 4.79 Å². The lowest BCUT2D eigenvalue weighted by atomic mass is 10.2. The molecule has 4 heteroatoms. The third kappa shape index (κ3) is 7.84. The topological polar surface area (TPSA) is 37.3 Å². The SMILES string of the molecule is CO.CS.O=C(Cl)c1ccccc1. The summed E-state index contributed by atoms with van der Waals surface area (Å²) in [4.78, 5) is 10.4. The quantitative estimate of drug-likeness (QED) is 0.563. The third-order valence-electron chi connectivity index (χ3n) is 1.00. The Kier molecular flexibility index (Phi) is 13.2. The monoisotopic (exact) mass is 220 g/mol. The van der Waals surface area contributed by atoms with Gasteiger partial charge in [-0.3, -0.25) is 4.79 Å². The van der Waals surface area contributed by atoms with Crippen molar-refractivity contribution < 1.29 is 9.90 Å². The predicted molar refractivity (Wildman–Crippen MR) is 59.7 cm³/mol. The van der Waals surface area contributed by atoms with Crippen molar-refractivity contribution in [3.63, 3.8) is 0 Å². The highest BCUT2D eigenvalue weighted by Crippen LogP contribution is 2.01. The van der Waals surface area contributed by atoms with Crippen LogP contribution in [-0.2, 0) is 0 Å². The summed E-state index contributed by atoms with van der Waals surface area (Å²) in [6, 6.07) is 8.74. The Labute approximate surface area is 89.0 Å². The van der Waals surface area contributed by atoms with Crippen molar-refractivity contribution in [1.29, 1.82) is 0 Å². The Morgan fingerprint density at radius 3 is 1.85 bits per heavy atom. The minimum absolute atomic E-state index is 0.407. The minimum Gasteiger partial charge on any atom is -0.400 e. The molecule has 0 aliphatic heterocycles. The molecule has 0 radical (unpaired) electrons.